The third kappa shape index (κ3) is 6.52. The van der Waals surface area contributed by atoms with E-state index in [0.29, 0.717) is 18.0 Å². The fourth-order valence-corrected chi connectivity index (χ4v) is 2.86. The number of amides is 2. The normalized spacial score (nSPS) is 11.7. The maximum atomic E-state index is 13.0. The van der Waals surface area contributed by atoms with Crippen molar-refractivity contribution in [3.05, 3.63) is 59.7 Å². The molecule has 2 aromatic rings. The van der Waals surface area contributed by atoms with E-state index in [1.165, 1.54) is 0 Å². The van der Waals surface area contributed by atoms with Crippen molar-refractivity contribution < 1.29 is 19.1 Å². The number of hydrogen-bond donors (Lipinski definition) is 1. The third-order valence-electron chi connectivity index (χ3n) is 4.62. The molecule has 0 heterocycles. The van der Waals surface area contributed by atoms with Crippen LogP contribution in [0.1, 0.15) is 31.9 Å². The van der Waals surface area contributed by atoms with Gasteiger partial charge in [0.1, 0.15) is 17.5 Å². The van der Waals surface area contributed by atoms with Gasteiger partial charge in [0.25, 0.3) is 5.91 Å². The van der Waals surface area contributed by atoms with Crippen LogP contribution in [0.15, 0.2) is 48.5 Å². The second-order valence-corrected chi connectivity index (χ2v) is 7.25. The molecule has 1 atom stereocenters. The van der Waals surface area contributed by atoms with Crippen molar-refractivity contribution in [1.29, 1.82) is 0 Å². The van der Waals surface area contributed by atoms with Gasteiger partial charge in [0.2, 0.25) is 5.91 Å². The van der Waals surface area contributed by atoms with E-state index in [-0.39, 0.29) is 24.5 Å². The van der Waals surface area contributed by atoms with Gasteiger partial charge < -0.3 is 19.7 Å². The maximum absolute atomic E-state index is 13.0. The van der Waals surface area contributed by atoms with Crippen molar-refractivity contribution in [1.82, 2.24) is 10.2 Å². The number of aryl methyl sites for hydroxylation is 1. The molecule has 0 saturated heterocycles. The number of hydrogen-bond acceptors (Lipinski definition) is 4. The van der Waals surface area contributed by atoms with Crippen LogP contribution in [0, 0.1) is 6.92 Å². The molecular formula is C23H30N2O4. The number of methoxy groups -OCH3 is 1. The molecule has 0 aliphatic heterocycles. The van der Waals surface area contributed by atoms with Crippen molar-refractivity contribution in [2.45, 2.75) is 46.3 Å². The third-order valence-corrected chi connectivity index (χ3v) is 4.62. The Kier molecular flexibility index (Phi) is 8.07. The highest BCUT2D eigenvalue weighted by molar-refractivity contribution is 5.88. The number of nitrogens with one attached hydrogen (secondary N) is 1. The minimum atomic E-state index is -0.621. The van der Waals surface area contributed by atoms with Crippen molar-refractivity contribution in [2.24, 2.45) is 0 Å². The number of nitrogens with zero attached hydrogens (tertiary/aromatic N) is 1. The fourth-order valence-electron chi connectivity index (χ4n) is 2.86. The van der Waals surface area contributed by atoms with E-state index in [2.05, 4.69) is 5.32 Å². The molecule has 6 heteroatoms. The van der Waals surface area contributed by atoms with Crippen LogP contribution in [0.2, 0.25) is 0 Å². The van der Waals surface area contributed by atoms with E-state index >= 15 is 0 Å². The molecule has 1 N–H and O–H groups in total. The Balaban J connectivity index is 2.14. The average molecular weight is 399 g/mol. The summed E-state index contributed by atoms with van der Waals surface area (Å²) in [4.78, 5) is 27.1. The summed E-state index contributed by atoms with van der Waals surface area (Å²) in [5, 5.41) is 2.88. The lowest BCUT2D eigenvalue weighted by Crippen LogP contribution is -2.50. The second kappa shape index (κ2) is 10.5. The van der Waals surface area contributed by atoms with Gasteiger partial charge in [0, 0.05) is 12.6 Å². The smallest absolute Gasteiger partial charge is 0.261 e. The van der Waals surface area contributed by atoms with Crippen molar-refractivity contribution >= 4 is 11.8 Å². The summed E-state index contributed by atoms with van der Waals surface area (Å²) < 4.78 is 10.8. The minimum Gasteiger partial charge on any atom is -0.497 e. The highest BCUT2D eigenvalue weighted by atomic mass is 16.5. The van der Waals surface area contributed by atoms with Gasteiger partial charge in [-0.15, -0.1) is 0 Å². The molecule has 0 bridgehead atoms. The SMILES string of the molecule is COc1ccc(OCC(=O)N(Cc2ccccc2C)C(C)C(=O)NC(C)C)cc1. The van der Waals surface area contributed by atoms with Crippen LogP contribution in [0.25, 0.3) is 0 Å². The predicted octanol–water partition coefficient (Wildman–Crippen LogP) is 3.32. The summed E-state index contributed by atoms with van der Waals surface area (Å²) in [5.74, 6) is 0.833. The Morgan fingerprint density at radius 2 is 1.62 bits per heavy atom. The van der Waals surface area contributed by atoms with Gasteiger partial charge >= 0.3 is 0 Å². The highest BCUT2D eigenvalue weighted by Gasteiger charge is 2.27. The molecule has 0 aliphatic rings. The molecule has 0 aliphatic carbocycles. The maximum Gasteiger partial charge on any atom is 0.261 e. The Bertz CT molecular complexity index is 818. The van der Waals surface area contributed by atoms with E-state index in [1.807, 2.05) is 45.0 Å². The Hall–Kier alpha value is -3.02. The minimum absolute atomic E-state index is 0.00378. The van der Waals surface area contributed by atoms with Gasteiger partial charge in [-0.3, -0.25) is 9.59 Å². The molecule has 2 aromatic carbocycles. The summed E-state index contributed by atoms with van der Waals surface area (Å²) in [6.45, 7) is 7.70. The Labute approximate surface area is 172 Å². The molecular weight excluding hydrogens is 368 g/mol. The van der Waals surface area contributed by atoms with Gasteiger partial charge in [0.15, 0.2) is 6.61 Å². The highest BCUT2D eigenvalue weighted by Crippen LogP contribution is 2.18. The molecule has 6 nitrogen and oxygen atoms in total. The molecule has 0 fully saturated rings. The molecule has 29 heavy (non-hydrogen) atoms. The summed E-state index contributed by atoms with van der Waals surface area (Å²) in [7, 11) is 1.59. The largest absolute Gasteiger partial charge is 0.497 e. The molecule has 2 amide bonds. The average Bonchev–Trinajstić information content (AvgIpc) is 2.70. The first-order chi connectivity index (χ1) is 13.8. The fraction of sp³-hybridized carbons (Fsp3) is 0.391. The molecule has 0 aromatic heterocycles. The van der Waals surface area contributed by atoms with Crippen LogP contribution < -0.4 is 14.8 Å². The van der Waals surface area contributed by atoms with Crippen molar-refractivity contribution in [2.75, 3.05) is 13.7 Å². The summed E-state index contributed by atoms with van der Waals surface area (Å²) in [6, 6.07) is 14.2. The zero-order valence-electron chi connectivity index (χ0n) is 17.8. The molecule has 0 spiro atoms. The van der Waals surface area contributed by atoms with E-state index in [4.69, 9.17) is 9.47 Å². The molecule has 0 saturated carbocycles. The van der Waals surface area contributed by atoms with Crippen LogP contribution in [0.4, 0.5) is 0 Å². The molecule has 0 radical (unpaired) electrons. The first-order valence-corrected chi connectivity index (χ1v) is 9.73. The summed E-state index contributed by atoms with van der Waals surface area (Å²) in [5.41, 5.74) is 2.06. The standard InChI is InChI=1S/C23H30N2O4/c1-16(2)24-23(27)18(4)25(14-19-9-7-6-8-17(19)3)22(26)15-29-21-12-10-20(28-5)11-13-21/h6-13,16,18H,14-15H2,1-5H3,(H,24,27). The second-order valence-electron chi connectivity index (χ2n) is 7.25. The predicted molar refractivity (Wildman–Crippen MR) is 113 cm³/mol. The van der Waals surface area contributed by atoms with Crippen LogP contribution in [0.3, 0.4) is 0 Å². The summed E-state index contributed by atoms with van der Waals surface area (Å²) >= 11 is 0. The summed E-state index contributed by atoms with van der Waals surface area (Å²) in [6.07, 6.45) is 0. The number of benzene rings is 2. The quantitative estimate of drug-likeness (QED) is 0.704. The lowest BCUT2D eigenvalue weighted by atomic mass is 10.1. The van der Waals surface area contributed by atoms with Crippen molar-refractivity contribution in [3.63, 3.8) is 0 Å². The van der Waals surface area contributed by atoms with Crippen LogP contribution in [-0.2, 0) is 16.1 Å². The lowest BCUT2D eigenvalue weighted by Gasteiger charge is -2.29. The van der Waals surface area contributed by atoms with Crippen molar-refractivity contribution in [3.8, 4) is 11.5 Å². The van der Waals surface area contributed by atoms with Gasteiger partial charge in [0.05, 0.1) is 7.11 Å². The first-order valence-electron chi connectivity index (χ1n) is 9.73. The van der Waals surface area contributed by atoms with Gasteiger partial charge in [-0.05, 0) is 63.1 Å². The van der Waals surface area contributed by atoms with E-state index in [0.717, 1.165) is 11.1 Å². The zero-order chi connectivity index (χ0) is 21.4. The number of ether oxygens (including phenoxy) is 2. The van der Waals surface area contributed by atoms with Gasteiger partial charge in [-0.25, -0.2) is 0 Å². The van der Waals surface area contributed by atoms with Crippen LogP contribution in [-0.4, -0.2) is 42.5 Å². The molecule has 1 unspecified atom stereocenters. The van der Waals surface area contributed by atoms with E-state index in [1.54, 1.807) is 43.2 Å². The number of rotatable bonds is 9. The lowest BCUT2D eigenvalue weighted by molar-refractivity contribution is -0.142. The van der Waals surface area contributed by atoms with E-state index in [9.17, 15) is 9.59 Å². The topological polar surface area (TPSA) is 67.9 Å². The van der Waals surface area contributed by atoms with E-state index < -0.39 is 6.04 Å². The van der Waals surface area contributed by atoms with Crippen LogP contribution in [0.5, 0.6) is 11.5 Å². The van der Waals surface area contributed by atoms with Gasteiger partial charge in [-0.2, -0.15) is 0 Å². The Morgan fingerprint density at radius 1 is 1.00 bits per heavy atom. The molecule has 156 valence electrons. The molecule has 2 rings (SSSR count). The zero-order valence-corrected chi connectivity index (χ0v) is 17.8. The number of carbonyl (C=O) groups is 2. The number of carbonyl (C=O) groups excluding carboxylic acids is 2. The monoisotopic (exact) mass is 398 g/mol. The first kappa shape index (κ1) is 22.3. The van der Waals surface area contributed by atoms with Crippen LogP contribution >= 0.6 is 0 Å². The van der Waals surface area contributed by atoms with Gasteiger partial charge in [-0.1, -0.05) is 24.3 Å². The Morgan fingerprint density at radius 3 is 2.21 bits per heavy atom.